The molecule has 7 heteroatoms. The Labute approximate surface area is 130 Å². The van der Waals surface area contributed by atoms with Gasteiger partial charge in [0, 0.05) is 0 Å². The van der Waals surface area contributed by atoms with Crippen molar-refractivity contribution in [3.8, 4) is 11.5 Å². The molecule has 0 aliphatic rings. The first-order chi connectivity index (χ1) is 10.9. The lowest BCUT2D eigenvalue weighted by Gasteiger charge is -2.09. The van der Waals surface area contributed by atoms with Crippen molar-refractivity contribution in [1.29, 1.82) is 0 Å². The molecule has 2 aromatic rings. The molecule has 0 aromatic heterocycles. The van der Waals surface area contributed by atoms with Gasteiger partial charge in [0.2, 0.25) is 0 Å². The Hall–Kier alpha value is -2.70. The molecule has 0 saturated carbocycles. The molecule has 0 unspecified atom stereocenters. The summed E-state index contributed by atoms with van der Waals surface area (Å²) in [6.45, 7) is 0.120. The lowest BCUT2D eigenvalue weighted by atomic mass is 10.1. The third-order valence-electron chi connectivity index (χ3n) is 2.88. The summed E-state index contributed by atoms with van der Waals surface area (Å²) in [6.07, 6.45) is -5.18. The van der Waals surface area contributed by atoms with Crippen LogP contribution in [0.25, 0.3) is 0 Å². The molecule has 2 rings (SSSR count). The maximum atomic E-state index is 12.4. The van der Waals surface area contributed by atoms with Crippen LogP contribution in [0.3, 0.4) is 0 Å². The van der Waals surface area contributed by atoms with Crippen LogP contribution in [0.1, 0.15) is 11.1 Å². The Morgan fingerprint density at radius 1 is 0.957 bits per heavy atom. The second-order valence-electron chi connectivity index (χ2n) is 4.51. The SMILES string of the molecule is COC(=O)Oc1ccc(OCc2ccc(C(F)(F)F)cc2)cc1. The number of halogens is 3. The van der Waals surface area contributed by atoms with Crippen LogP contribution in [0, 0.1) is 0 Å². The number of rotatable bonds is 4. The number of ether oxygens (including phenoxy) is 3. The van der Waals surface area contributed by atoms with Gasteiger partial charge in [-0.3, -0.25) is 0 Å². The molecule has 2 aromatic carbocycles. The first-order valence-electron chi connectivity index (χ1n) is 6.53. The van der Waals surface area contributed by atoms with E-state index in [-0.39, 0.29) is 6.61 Å². The number of hydrogen-bond donors (Lipinski definition) is 0. The number of benzene rings is 2. The van der Waals surface area contributed by atoms with Crippen molar-refractivity contribution < 1.29 is 32.2 Å². The van der Waals surface area contributed by atoms with Crippen LogP contribution in [0.15, 0.2) is 48.5 Å². The van der Waals surface area contributed by atoms with Gasteiger partial charge in [-0.25, -0.2) is 4.79 Å². The maximum absolute atomic E-state index is 12.4. The predicted octanol–water partition coefficient (Wildman–Crippen LogP) is 4.43. The maximum Gasteiger partial charge on any atom is 0.513 e. The number of methoxy groups -OCH3 is 1. The first kappa shape index (κ1) is 16.7. The van der Waals surface area contributed by atoms with Crippen molar-refractivity contribution in [1.82, 2.24) is 0 Å². The third kappa shape index (κ3) is 4.91. The van der Waals surface area contributed by atoms with Crippen molar-refractivity contribution >= 4 is 6.16 Å². The van der Waals surface area contributed by atoms with E-state index in [0.717, 1.165) is 12.1 Å². The van der Waals surface area contributed by atoms with E-state index in [1.54, 1.807) is 12.1 Å². The zero-order valence-electron chi connectivity index (χ0n) is 12.1. The first-order valence-corrected chi connectivity index (χ1v) is 6.53. The van der Waals surface area contributed by atoms with Crippen molar-refractivity contribution in [3.05, 3.63) is 59.7 Å². The van der Waals surface area contributed by atoms with Gasteiger partial charge in [-0.05, 0) is 42.0 Å². The quantitative estimate of drug-likeness (QED) is 0.616. The van der Waals surface area contributed by atoms with Crippen LogP contribution in [0.5, 0.6) is 11.5 Å². The van der Waals surface area contributed by atoms with Crippen LogP contribution in [-0.4, -0.2) is 13.3 Å². The molecule has 122 valence electrons. The van der Waals surface area contributed by atoms with Gasteiger partial charge in [0.25, 0.3) is 0 Å². The van der Waals surface area contributed by atoms with Crippen LogP contribution in [0.4, 0.5) is 18.0 Å². The van der Waals surface area contributed by atoms with Gasteiger partial charge < -0.3 is 14.2 Å². The number of alkyl halides is 3. The standard InChI is InChI=1S/C16H13F3O4/c1-21-15(20)23-14-8-6-13(7-9-14)22-10-11-2-4-12(5-3-11)16(17,18)19/h2-9H,10H2,1H3. The van der Waals surface area contributed by atoms with Crippen LogP contribution >= 0.6 is 0 Å². The monoisotopic (exact) mass is 326 g/mol. The van der Waals surface area contributed by atoms with E-state index in [9.17, 15) is 18.0 Å². The minimum atomic E-state index is -4.35. The van der Waals surface area contributed by atoms with E-state index in [0.29, 0.717) is 17.1 Å². The number of hydrogen-bond acceptors (Lipinski definition) is 4. The Morgan fingerprint density at radius 2 is 1.52 bits per heavy atom. The summed E-state index contributed by atoms with van der Waals surface area (Å²) in [5.41, 5.74) is -0.0987. The zero-order chi connectivity index (χ0) is 16.9. The van der Waals surface area contributed by atoms with E-state index in [1.807, 2.05) is 0 Å². The molecule has 0 heterocycles. The topological polar surface area (TPSA) is 44.8 Å². The molecule has 0 radical (unpaired) electrons. The van der Waals surface area contributed by atoms with Crippen molar-refractivity contribution in [2.45, 2.75) is 12.8 Å². The molecule has 0 aliphatic carbocycles. The molecule has 0 aliphatic heterocycles. The van der Waals surface area contributed by atoms with Crippen LogP contribution in [0.2, 0.25) is 0 Å². The Kier molecular flexibility index (Phi) is 5.10. The fourth-order valence-corrected chi connectivity index (χ4v) is 1.70. The summed E-state index contributed by atoms with van der Waals surface area (Å²) in [5.74, 6) is 0.779. The highest BCUT2D eigenvalue weighted by Gasteiger charge is 2.29. The van der Waals surface area contributed by atoms with Gasteiger partial charge in [0.15, 0.2) is 0 Å². The number of carbonyl (C=O) groups is 1. The average molecular weight is 326 g/mol. The Bertz CT molecular complexity index is 649. The molecule has 0 amide bonds. The second kappa shape index (κ2) is 7.04. The summed E-state index contributed by atoms with van der Waals surface area (Å²) in [7, 11) is 1.20. The molecule has 23 heavy (non-hydrogen) atoms. The number of carbonyl (C=O) groups excluding carboxylic acids is 1. The van der Waals surface area contributed by atoms with Gasteiger partial charge in [-0.15, -0.1) is 0 Å². The van der Waals surface area contributed by atoms with Gasteiger partial charge >= 0.3 is 12.3 Å². The van der Waals surface area contributed by atoms with E-state index in [1.165, 1.54) is 31.4 Å². The van der Waals surface area contributed by atoms with Gasteiger partial charge in [0.05, 0.1) is 12.7 Å². The van der Waals surface area contributed by atoms with Gasteiger partial charge in [-0.1, -0.05) is 12.1 Å². The minimum absolute atomic E-state index is 0.120. The molecule has 0 fully saturated rings. The predicted molar refractivity (Wildman–Crippen MR) is 75.3 cm³/mol. The third-order valence-corrected chi connectivity index (χ3v) is 2.88. The van der Waals surface area contributed by atoms with E-state index in [4.69, 9.17) is 9.47 Å². The molecule has 0 N–H and O–H groups in total. The second-order valence-corrected chi connectivity index (χ2v) is 4.51. The molecule has 4 nitrogen and oxygen atoms in total. The van der Waals surface area contributed by atoms with Crippen LogP contribution < -0.4 is 9.47 Å². The van der Waals surface area contributed by atoms with E-state index in [2.05, 4.69) is 4.74 Å². The van der Waals surface area contributed by atoms with E-state index < -0.39 is 17.9 Å². The van der Waals surface area contributed by atoms with Crippen molar-refractivity contribution in [2.24, 2.45) is 0 Å². The fourth-order valence-electron chi connectivity index (χ4n) is 1.70. The fraction of sp³-hybridized carbons (Fsp3) is 0.188. The average Bonchev–Trinajstić information content (AvgIpc) is 2.53. The molecule has 0 saturated heterocycles. The molecular weight excluding hydrogens is 313 g/mol. The van der Waals surface area contributed by atoms with E-state index >= 15 is 0 Å². The van der Waals surface area contributed by atoms with Crippen molar-refractivity contribution in [2.75, 3.05) is 7.11 Å². The Morgan fingerprint density at radius 3 is 2.04 bits per heavy atom. The molecular formula is C16H13F3O4. The summed E-state index contributed by atoms with van der Waals surface area (Å²) in [6, 6.07) is 10.9. The lowest BCUT2D eigenvalue weighted by Crippen LogP contribution is -2.07. The highest BCUT2D eigenvalue weighted by Crippen LogP contribution is 2.29. The normalized spacial score (nSPS) is 11.0. The summed E-state index contributed by atoms with van der Waals surface area (Å²) in [4.78, 5) is 10.9. The molecule has 0 spiro atoms. The molecule has 0 atom stereocenters. The van der Waals surface area contributed by atoms with Crippen LogP contribution in [-0.2, 0) is 17.5 Å². The smallest absolute Gasteiger partial charge is 0.489 e. The lowest BCUT2D eigenvalue weighted by molar-refractivity contribution is -0.137. The molecule has 0 bridgehead atoms. The summed E-state index contributed by atoms with van der Waals surface area (Å²) in [5, 5.41) is 0. The van der Waals surface area contributed by atoms with Gasteiger partial charge in [0.1, 0.15) is 18.1 Å². The summed E-state index contributed by atoms with van der Waals surface area (Å²) >= 11 is 0. The zero-order valence-corrected chi connectivity index (χ0v) is 12.1. The van der Waals surface area contributed by atoms with Crippen molar-refractivity contribution in [3.63, 3.8) is 0 Å². The van der Waals surface area contributed by atoms with Gasteiger partial charge in [-0.2, -0.15) is 13.2 Å². The highest BCUT2D eigenvalue weighted by atomic mass is 19.4. The largest absolute Gasteiger partial charge is 0.513 e. The highest BCUT2D eigenvalue weighted by molar-refractivity contribution is 5.63. The summed E-state index contributed by atoms with van der Waals surface area (Å²) < 4.78 is 51.9. The minimum Gasteiger partial charge on any atom is -0.489 e. The Balaban J connectivity index is 1.92.